The van der Waals surface area contributed by atoms with E-state index in [9.17, 15) is 9.59 Å². The van der Waals surface area contributed by atoms with Crippen LogP contribution in [-0.2, 0) is 4.79 Å². The molecule has 7 heteroatoms. The molecule has 1 aromatic heterocycles. The molecule has 1 atom stereocenters. The fourth-order valence-electron chi connectivity index (χ4n) is 4.78. The van der Waals surface area contributed by atoms with Gasteiger partial charge in [0.15, 0.2) is 0 Å². The molecule has 1 aliphatic carbocycles. The topological polar surface area (TPSA) is 92.4 Å². The minimum Gasteiger partial charge on any atom is -0.366 e. The number of primary amides is 1. The highest BCUT2D eigenvalue weighted by Crippen LogP contribution is 2.35. The molecule has 164 valence electrons. The highest BCUT2D eigenvalue weighted by Gasteiger charge is 2.32. The van der Waals surface area contributed by atoms with Crippen molar-refractivity contribution in [2.45, 2.75) is 44.4 Å². The number of aromatic nitrogens is 2. The second kappa shape index (κ2) is 9.04. The Labute approximate surface area is 183 Å². The Bertz CT molecular complexity index is 951. The van der Waals surface area contributed by atoms with E-state index in [1.54, 1.807) is 12.1 Å². The van der Waals surface area contributed by atoms with Gasteiger partial charge in [0, 0.05) is 56.3 Å². The number of likely N-dealkylation sites (tertiary alicyclic amines) is 1. The molecule has 2 amide bonds. The molecule has 4 rings (SSSR count). The number of hydrogen-bond acceptors (Lipinski definition) is 5. The minimum absolute atomic E-state index is 0.159. The van der Waals surface area contributed by atoms with E-state index >= 15 is 0 Å². The molecule has 0 spiro atoms. The van der Waals surface area contributed by atoms with Crippen molar-refractivity contribution >= 4 is 17.8 Å². The third-order valence-corrected chi connectivity index (χ3v) is 6.51. The number of rotatable bonds is 5. The monoisotopic (exact) mass is 421 g/mol. The van der Waals surface area contributed by atoms with Crippen LogP contribution in [0.5, 0.6) is 0 Å². The van der Waals surface area contributed by atoms with Crippen molar-refractivity contribution in [3.8, 4) is 11.1 Å². The van der Waals surface area contributed by atoms with E-state index in [4.69, 9.17) is 10.7 Å². The number of carbonyl (C=O) groups is 2. The predicted molar refractivity (Wildman–Crippen MR) is 121 cm³/mol. The summed E-state index contributed by atoms with van der Waals surface area (Å²) in [5, 5.41) is 0. The molecule has 2 heterocycles. The SMILES string of the molecule is CN(C)c1ncc(-c2ccc(C(N)=O)cc2)c([C@@H]2CCCN(C(=O)C3CCCC3)C2)n1. The van der Waals surface area contributed by atoms with Gasteiger partial charge in [-0.25, -0.2) is 9.97 Å². The predicted octanol–water partition coefficient (Wildman–Crippen LogP) is 3.20. The molecular weight excluding hydrogens is 390 g/mol. The zero-order valence-corrected chi connectivity index (χ0v) is 18.4. The molecule has 0 unspecified atom stereocenters. The minimum atomic E-state index is -0.445. The highest BCUT2D eigenvalue weighted by atomic mass is 16.2. The Balaban J connectivity index is 1.65. The Morgan fingerprint density at radius 3 is 2.42 bits per heavy atom. The average molecular weight is 422 g/mol. The number of carbonyl (C=O) groups excluding carboxylic acids is 2. The van der Waals surface area contributed by atoms with Crippen LogP contribution in [0.1, 0.15) is 60.5 Å². The zero-order chi connectivity index (χ0) is 22.0. The zero-order valence-electron chi connectivity index (χ0n) is 18.4. The molecule has 0 bridgehead atoms. The van der Waals surface area contributed by atoms with E-state index in [0.717, 1.165) is 61.9 Å². The van der Waals surface area contributed by atoms with Crippen LogP contribution >= 0.6 is 0 Å². The molecule has 1 aliphatic heterocycles. The first-order chi connectivity index (χ1) is 14.9. The Hall–Kier alpha value is -2.96. The van der Waals surface area contributed by atoms with Gasteiger partial charge in [-0.2, -0.15) is 0 Å². The molecule has 1 saturated carbocycles. The van der Waals surface area contributed by atoms with E-state index in [-0.39, 0.29) is 11.8 Å². The lowest BCUT2D eigenvalue weighted by Crippen LogP contribution is -2.42. The normalized spacial score (nSPS) is 19.4. The van der Waals surface area contributed by atoms with E-state index in [1.165, 1.54) is 0 Å². The number of amides is 2. The van der Waals surface area contributed by atoms with Gasteiger partial charge in [-0.15, -0.1) is 0 Å². The first-order valence-electron chi connectivity index (χ1n) is 11.2. The first kappa shape index (κ1) is 21.3. The molecule has 1 saturated heterocycles. The van der Waals surface area contributed by atoms with E-state index in [0.29, 0.717) is 24.0 Å². The first-order valence-corrected chi connectivity index (χ1v) is 11.2. The van der Waals surface area contributed by atoms with Crippen LogP contribution in [0.25, 0.3) is 11.1 Å². The highest BCUT2D eigenvalue weighted by molar-refractivity contribution is 5.93. The van der Waals surface area contributed by atoms with Gasteiger partial charge in [-0.05, 0) is 43.4 Å². The smallest absolute Gasteiger partial charge is 0.248 e. The van der Waals surface area contributed by atoms with Crippen molar-refractivity contribution in [3.63, 3.8) is 0 Å². The second-order valence-electron chi connectivity index (χ2n) is 8.91. The fourth-order valence-corrected chi connectivity index (χ4v) is 4.78. The second-order valence-corrected chi connectivity index (χ2v) is 8.91. The summed E-state index contributed by atoms with van der Waals surface area (Å²) in [6, 6.07) is 7.25. The lowest BCUT2D eigenvalue weighted by molar-refractivity contribution is -0.136. The van der Waals surface area contributed by atoms with Crippen molar-refractivity contribution in [1.29, 1.82) is 0 Å². The molecule has 1 aromatic carbocycles. The van der Waals surface area contributed by atoms with Gasteiger partial charge in [0.25, 0.3) is 0 Å². The Morgan fingerprint density at radius 2 is 1.77 bits per heavy atom. The standard InChI is InChI=1S/C24H31N5O2/c1-28(2)24-26-14-20(16-9-11-17(12-10-16)22(25)30)21(27-24)19-8-5-13-29(15-19)23(31)18-6-3-4-7-18/h9-12,14,18-19H,3-8,13,15H2,1-2H3,(H2,25,30)/t19-/m1/s1. The molecule has 2 fully saturated rings. The fraction of sp³-hybridized carbons (Fsp3) is 0.500. The number of hydrogen-bond donors (Lipinski definition) is 1. The maximum Gasteiger partial charge on any atom is 0.248 e. The average Bonchev–Trinajstić information content (AvgIpc) is 3.33. The lowest BCUT2D eigenvalue weighted by atomic mass is 9.89. The molecule has 31 heavy (non-hydrogen) atoms. The van der Waals surface area contributed by atoms with E-state index in [1.807, 2.05) is 37.3 Å². The van der Waals surface area contributed by atoms with Crippen LogP contribution in [0.3, 0.4) is 0 Å². The summed E-state index contributed by atoms with van der Waals surface area (Å²) in [4.78, 5) is 37.9. The van der Waals surface area contributed by atoms with Crippen LogP contribution in [-0.4, -0.2) is 53.9 Å². The van der Waals surface area contributed by atoms with Crippen molar-refractivity contribution in [2.75, 3.05) is 32.1 Å². The molecular formula is C24H31N5O2. The number of piperidine rings is 1. The van der Waals surface area contributed by atoms with Gasteiger partial charge in [0.1, 0.15) is 0 Å². The quantitative estimate of drug-likeness (QED) is 0.800. The maximum absolute atomic E-state index is 13.0. The van der Waals surface area contributed by atoms with E-state index < -0.39 is 5.91 Å². The molecule has 7 nitrogen and oxygen atoms in total. The summed E-state index contributed by atoms with van der Waals surface area (Å²) in [6.07, 6.45) is 8.20. The van der Waals surface area contributed by atoms with Crippen LogP contribution in [0.2, 0.25) is 0 Å². The Morgan fingerprint density at radius 1 is 1.06 bits per heavy atom. The summed E-state index contributed by atoms with van der Waals surface area (Å²) in [6.45, 7) is 1.53. The summed E-state index contributed by atoms with van der Waals surface area (Å²) < 4.78 is 0. The van der Waals surface area contributed by atoms with E-state index in [2.05, 4.69) is 9.88 Å². The van der Waals surface area contributed by atoms with Gasteiger partial charge < -0.3 is 15.5 Å². The summed E-state index contributed by atoms with van der Waals surface area (Å²) in [5.74, 6) is 0.886. The van der Waals surface area contributed by atoms with Gasteiger partial charge in [-0.3, -0.25) is 9.59 Å². The van der Waals surface area contributed by atoms with Crippen molar-refractivity contribution in [3.05, 3.63) is 41.7 Å². The summed E-state index contributed by atoms with van der Waals surface area (Å²) in [5.41, 5.74) is 8.73. The maximum atomic E-state index is 13.0. The number of anilines is 1. The molecule has 2 aromatic rings. The van der Waals surface area contributed by atoms with Crippen molar-refractivity contribution in [2.24, 2.45) is 11.7 Å². The van der Waals surface area contributed by atoms with Crippen LogP contribution in [0.4, 0.5) is 5.95 Å². The Kier molecular flexibility index (Phi) is 6.20. The van der Waals surface area contributed by atoms with Crippen LogP contribution in [0, 0.1) is 5.92 Å². The van der Waals surface area contributed by atoms with Crippen molar-refractivity contribution < 1.29 is 9.59 Å². The lowest BCUT2D eigenvalue weighted by Gasteiger charge is -2.35. The summed E-state index contributed by atoms with van der Waals surface area (Å²) in [7, 11) is 3.86. The summed E-state index contributed by atoms with van der Waals surface area (Å²) >= 11 is 0. The number of nitrogens with zero attached hydrogens (tertiary/aromatic N) is 4. The van der Waals surface area contributed by atoms with Crippen molar-refractivity contribution in [1.82, 2.24) is 14.9 Å². The number of nitrogens with two attached hydrogens (primary N) is 1. The third-order valence-electron chi connectivity index (χ3n) is 6.51. The largest absolute Gasteiger partial charge is 0.366 e. The van der Waals surface area contributed by atoms with Gasteiger partial charge in [-0.1, -0.05) is 25.0 Å². The van der Waals surface area contributed by atoms with Gasteiger partial charge in [0.2, 0.25) is 17.8 Å². The molecule has 2 aliphatic rings. The van der Waals surface area contributed by atoms with Crippen LogP contribution in [0.15, 0.2) is 30.5 Å². The van der Waals surface area contributed by atoms with Gasteiger partial charge >= 0.3 is 0 Å². The number of benzene rings is 1. The third kappa shape index (κ3) is 4.55. The van der Waals surface area contributed by atoms with Gasteiger partial charge in [0.05, 0.1) is 5.69 Å². The van der Waals surface area contributed by atoms with Crippen LogP contribution < -0.4 is 10.6 Å². The molecule has 2 N–H and O–H groups in total. The molecule has 0 radical (unpaired) electrons.